The van der Waals surface area contributed by atoms with Gasteiger partial charge in [0.2, 0.25) is 0 Å². The van der Waals surface area contributed by atoms with Gasteiger partial charge in [0.05, 0.1) is 11.0 Å². The lowest BCUT2D eigenvalue weighted by atomic mass is 10.0. The van der Waals surface area contributed by atoms with E-state index in [1.54, 1.807) is 0 Å². The van der Waals surface area contributed by atoms with E-state index in [2.05, 4.69) is 57.9 Å². The molecule has 128 valence electrons. The third-order valence-corrected chi connectivity index (χ3v) is 5.08. The first-order valence-electron chi connectivity index (χ1n) is 9.01. The first kappa shape index (κ1) is 16.0. The highest BCUT2D eigenvalue weighted by atomic mass is 15.3. The van der Waals surface area contributed by atoms with Crippen LogP contribution in [0.4, 0.5) is 5.69 Å². The quantitative estimate of drug-likeness (QED) is 0.730. The van der Waals surface area contributed by atoms with Crippen molar-refractivity contribution in [1.82, 2.24) is 14.9 Å². The third kappa shape index (κ3) is 3.22. The Kier molecular flexibility index (Phi) is 4.36. The van der Waals surface area contributed by atoms with Gasteiger partial charge in [0.1, 0.15) is 0 Å². The van der Waals surface area contributed by atoms with Crippen LogP contribution in [-0.2, 0) is 0 Å². The molecule has 0 atom stereocenters. The van der Waals surface area contributed by atoms with Crippen molar-refractivity contribution < 1.29 is 0 Å². The van der Waals surface area contributed by atoms with Crippen molar-refractivity contribution in [2.75, 3.05) is 31.1 Å². The number of pyridine rings is 2. The van der Waals surface area contributed by atoms with Crippen molar-refractivity contribution in [1.29, 1.82) is 0 Å². The predicted octanol–water partition coefficient (Wildman–Crippen LogP) is 3.83. The maximum Gasteiger partial charge on any atom is 0.0964 e. The Balaban J connectivity index is 1.56. The van der Waals surface area contributed by atoms with Gasteiger partial charge in [-0.15, -0.1) is 0 Å². The number of hydrogen-bond donors (Lipinski definition) is 0. The summed E-state index contributed by atoms with van der Waals surface area (Å²) in [6.45, 7) is 9.01. The van der Waals surface area contributed by atoms with Crippen LogP contribution in [0.1, 0.15) is 13.8 Å². The third-order valence-electron chi connectivity index (χ3n) is 5.08. The minimum absolute atomic E-state index is 0.636. The summed E-state index contributed by atoms with van der Waals surface area (Å²) < 4.78 is 0. The lowest BCUT2D eigenvalue weighted by Crippen LogP contribution is -2.48. The monoisotopic (exact) mass is 332 g/mol. The predicted molar refractivity (Wildman–Crippen MR) is 104 cm³/mol. The molecule has 4 rings (SSSR count). The van der Waals surface area contributed by atoms with Crippen molar-refractivity contribution >= 4 is 16.7 Å². The highest BCUT2D eigenvalue weighted by molar-refractivity contribution is 5.91. The number of aromatic nitrogens is 2. The zero-order valence-electron chi connectivity index (χ0n) is 14.9. The number of piperazine rings is 1. The van der Waals surface area contributed by atoms with Crippen LogP contribution in [-0.4, -0.2) is 47.1 Å². The molecule has 1 aromatic carbocycles. The molecular formula is C21H24N4. The van der Waals surface area contributed by atoms with E-state index in [4.69, 9.17) is 0 Å². The fourth-order valence-corrected chi connectivity index (χ4v) is 3.56. The minimum Gasteiger partial charge on any atom is -0.369 e. The van der Waals surface area contributed by atoms with Crippen LogP contribution in [0, 0.1) is 0 Å². The molecule has 3 heterocycles. The Morgan fingerprint density at radius 3 is 2.32 bits per heavy atom. The molecule has 4 heteroatoms. The lowest BCUT2D eigenvalue weighted by molar-refractivity contribution is 0.209. The van der Waals surface area contributed by atoms with E-state index >= 15 is 0 Å². The molecule has 0 amide bonds. The summed E-state index contributed by atoms with van der Waals surface area (Å²) in [6.07, 6.45) is 3.69. The van der Waals surface area contributed by atoms with E-state index in [0.29, 0.717) is 6.04 Å². The summed E-state index contributed by atoms with van der Waals surface area (Å²) in [5, 5.41) is 0. The molecule has 4 nitrogen and oxygen atoms in total. The van der Waals surface area contributed by atoms with Gasteiger partial charge in [-0.05, 0) is 49.7 Å². The normalized spacial score (nSPS) is 15.9. The first-order chi connectivity index (χ1) is 12.2. The van der Waals surface area contributed by atoms with Crippen LogP contribution >= 0.6 is 0 Å². The standard InChI is InChI=1S/C21H24N4/c1-16(2)24-12-14-25(15-13-24)18-7-5-17(6-8-18)19-9-11-22-20-4-3-10-23-21(19)20/h3-11,16H,12-15H2,1-2H3. The van der Waals surface area contributed by atoms with Crippen LogP contribution in [0.5, 0.6) is 0 Å². The summed E-state index contributed by atoms with van der Waals surface area (Å²) in [7, 11) is 0. The number of hydrogen-bond acceptors (Lipinski definition) is 4. The second-order valence-corrected chi connectivity index (χ2v) is 6.89. The van der Waals surface area contributed by atoms with E-state index in [0.717, 1.165) is 42.8 Å². The highest BCUT2D eigenvalue weighted by Crippen LogP contribution is 2.28. The van der Waals surface area contributed by atoms with Crippen LogP contribution in [0.15, 0.2) is 54.9 Å². The summed E-state index contributed by atoms with van der Waals surface area (Å²) in [5.74, 6) is 0. The van der Waals surface area contributed by atoms with Gasteiger partial charge in [-0.2, -0.15) is 0 Å². The van der Waals surface area contributed by atoms with E-state index in [-0.39, 0.29) is 0 Å². The summed E-state index contributed by atoms with van der Waals surface area (Å²) in [4.78, 5) is 13.9. The van der Waals surface area contributed by atoms with Crippen molar-refractivity contribution in [2.24, 2.45) is 0 Å². The SMILES string of the molecule is CC(C)N1CCN(c2ccc(-c3ccnc4cccnc34)cc2)CC1. The molecule has 25 heavy (non-hydrogen) atoms. The number of nitrogens with zero attached hydrogens (tertiary/aromatic N) is 4. The molecule has 0 N–H and O–H groups in total. The summed E-state index contributed by atoms with van der Waals surface area (Å²) >= 11 is 0. The average molecular weight is 332 g/mol. The van der Waals surface area contributed by atoms with Gasteiger partial charge in [0.15, 0.2) is 0 Å². The molecule has 0 unspecified atom stereocenters. The van der Waals surface area contributed by atoms with Gasteiger partial charge in [-0.3, -0.25) is 14.9 Å². The maximum absolute atomic E-state index is 4.52. The van der Waals surface area contributed by atoms with E-state index < -0.39 is 0 Å². The molecule has 2 aromatic heterocycles. The Hall–Kier alpha value is -2.46. The van der Waals surface area contributed by atoms with Gasteiger partial charge in [-0.1, -0.05) is 12.1 Å². The average Bonchev–Trinajstić information content (AvgIpc) is 2.68. The van der Waals surface area contributed by atoms with Gasteiger partial charge < -0.3 is 4.90 Å². The second-order valence-electron chi connectivity index (χ2n) is 6.89. The Morgan fingerprint density at radius 2 is 1.60 bits per heavy atom. The largest absolute Gasteiger partial charge is 0.369 e. The smallest absolute Gasteiger partial charge is 0.0964 e. The second kappa shape index (κ2) is 6.81. The lowest BCUT2D eigenvalue weighted by Gasteiger charge is -2.38. The van der Waals surface area contributed by atoms with Crippen molar-refractivity contribution in [3.8, 4) is 11.1 Å². The summed E-state index contributed by atoms with van der Waals surface area (Å²) in [5.41, 5.74) is 5.54. The molecular weight excluding hydrogens is 308 g/mol. The molecule has 0 spiro atoms. The number of rotatable bonds is 3. The molecule has 3 aromatic rings. The van der Waals surface area contributed by atoms with Gasteiger partial charge in [0.25, 0.3) is 0 Å². The van der Waals surface area contributed by atoms with Crippen LogP contribution in [0.2, 0.25) is 0 Å². The Morgan fingerprint density at radius 1 is 0.840 bits per heavy atom. The molecule has 0 bridgehead atoms. The van der Waals surface area contributed by atoms with E-state index in [1.165, 1.54) is 11.3 Å². The molecule has 0 aliphatic carbocycles. The van der Waals surface area contributed by atoms with Crippen molar-refractivity contribution in [3.63, 3.8) is 0 Å². The number of anilines is 1. The molecule has 1 aliphatic heterocycles. The molecule has 1 aliphatic rings. The van der Waals surface area contributed by atoms with Crippen molar-refractivity contribution in [2.45, 2.75) is 19.9 Å². The first-order valence-corrected chi connectivity index (χ1v) is 9.01. The zero-order chi connectivity index (χ0) is 17.2. The fraction of sp³-hybridized carbons (Fsp3) is 0.333. The van der Waals surface area contributed by atoms with Crippen molar-refractivity contribution in [3.05, 3.63) is 54.9 Å². The maximum atomic E-state index is 4.52. The van der Waals surface area contributed by atoms with Crippen LogP contribution in [0.25, 0.3) is 22.2 Å². The van der Waals surface area contributed by atoms with Gasteiger partial charge >= 0.3 is 0 Å². The Bertz CT molecular complexity index is 844. The minimum atomic E-state index is 0.636. The molecule has 0 radical (unpaired) electrons. The Labute approximate surface area is 149 Å². The molecule has 0 saturated carbocycles. The van der Waals surface area contributed by atoms with Crippen LogP contribution in [0.3, 0.4) is 0 Å². The van der Waals surface area contributed by atoms with Gasteiger partial charge in [0, 0.05) is 55.9 Å². The summed E-state index contributed by atoms with van der Waals surface area (Å²) in [6, 6.07) is 15.5. The van der Waals surface area contributed by atoms with Crippen LogP contribution < -0.4 is 4.90 Å². The highest BCUT2D eigenvalue weighted by Gasteiger charge is 2.19. The van der Waals surface area contributed by atoms with E-state index in [1.807, 2.05) is 30.6 Å². The molecule has 1 fully saturated rings. The zero-order valence-corrected chi connectivity index (χ0v) is 14.9. The number of benzene rings is 1. The fourth-order valence-electron chi connectivity index (χ4n) is 3.56. The van der Waals surface area contributed by atoms with Gasteiger partial charge in [-0.25, -0.2) is 0 Å². The number of fused-ring (bicyclic) bond motifs is 1. The van der Waals surface area contributed by atoms with E-state index in [9.17, 15) is 0 Å². The topological polar surface area (TPSA) is 32.3 Å². The molecule has 1 saturated heterocycles.